The monoisotopic (exact) mass is 278 g/mol. The Balaban J connectivity index is 2.39. The average molecular weight is 278 g/mol. The van der Waals surface area contributed by atoms with Crippen molar-refractivity contribution in [2.45, 2.75) is 19.8 Å². The van der Waals surface area contributed by atoms with Crippen molar-refractivity contribution in [2.24, 2.45) is 5.10 Å². The number of carboxylic acid groups (broad SMARTS) is 1. The number of benzene rings is 1. The van der Waals surface area contributed by atoms with Crippen molar-refractivity contribution < 1.29 is 14.7 Å². The zero-order valence-corrected chi connectivity index (χ0v) is 11.2. The van der Waals surface area contributed by atoms with Gasteiger partial charge in [0.25, 0.3) is 0 Å². The first-order chi connectivity index (χ1) is 9.49. The van der Waals surface area contributed by atoms with Crippen LogP contribution in [0.1, 0.15) is 25.3 Å². The molecule has 0 unspecified atom stereocenters. The topological polar surface area (TPSA) is 117 Å². The van der Waals surface area contributed by atoms with Crippen molar-refractivity contribution in [3.8, 4) is 0 Å². The molecule has 108 valence electrons. The van der Waals surface area contributed by atoms with Gasteiger partial charge in [0.1, 0.15) is 0 Å². The number of carboxylic acids is 1. The third-order valence-electron chi connectivity index (χ3n) is 2.48. The maximum absolute atomic E-state index is 11.4. The van der Waals surface area contributed by atoms with E-state index in [4.69, 9.17) is 10.8 Å². The molecule has 0 atom stereocenters. The fraction of sp³-hybridized carbons (Fsp3) is 0.308. The second-order valence-corrected chi connectivity index (χ2v) is 4.19. The zero-order chi connectivity index (χ0) is 15.0. The highest BCUT2D eigenvalue weighted by Gasteiger charge is 2.02. The smallest absolute Gasteiger partial charge is 0.335 e. The van der Waals surface area contributed by atoms with Crippen molar-refractivity contribution in [3.05, 3.63) is 29.8 Å². The Morgan fingerprint density at radius 2 is 2.15 bits per heavy atom. The predicted octanol–water partition coefficient (Wildman–Crippen LogP) is 1.16. The summed E-state index contributed by atoms with van der Waals surface area (Å²) in [6.07, 6.45) is 0.395. The van der Waals surface area contributed by atoms with Crippen molar-refractivity contribution in [1.82, 2.24) is 10.7 Å². The quantitative estimate of drug-likeness (QED) is 0.270. The molecule has 7 nitrogen and oxygen atoms in total. The van der Waals surface area contributed by atoms with Gasteiger partial charge in [-0.2, -0.15) is 5.10 Å². The van der Waals surface area contributed by atoms with Crippen LogP contribution in [0, 0.1) is 0 Å². The summed E-state index contributed by atoms with van der Waals surface area (Å²) in [5.41, 5.74) is 10.1. The van der Waals surface area contributed by atoms with Crippen LogP contribution in [0.4, 0.5) is 10.5 Å². The van der Waals surface area contributed by atoms with Crippen molar-refractivity contribution in [2.75, 3.05) is 12.3 Å². The molecule has 0 aliphatic heterocycles. The van der Waals surface area contributed by atoms with E-state index in [-0.39, 0.29) is 13.0 Å². The summed E-state index contributed by atoms with van der Waals surface area (Å²) in [6.45, 7) is 2.03. The summed E-state index contributed by atoms with van der Waals surface area (Å²) < 4.78 is 0. The highest BCUT2D eigenvalue weighted by Crippen LogP contribution is 2.07. The Bertz CT molecular complexity index is 514. The minimum atomic E-state index is -0.886. The fourth-order valence-electron chi connectivity index (χ4n) is 1.44. The zero-order valence-electron chi connectivity index (χ0n) is 11.2. The molecule has 0 radical (unpaired) electrons. The number of anilines is 1. The molecule has 0 fully saturated rings. The fourth-order valence-corrected chi connectivity index (χ4v) is 1.44. The van der Waals surface area contributed by atoms with E-state index in [1.165, 1.54) is 0 Å². The van der Waals surface area contributed by atoms with Crippen LogP contribution in [-0.4, -0.2) is 29.4 Å². The molecule has 0 saturated carbocycles. The van der Waals surface area contributed by atoms with Crippen LogP contribution in [0.5, 0.6) is 0 Å². The number of carbonyl (C=O) groups is 2. The van der Waals surface area contributed by atoms with Gasteiger partial charge in [0.15, 0.2) is 0 Å². The molecule has 5 N–H and O–H groups in total. The standard InChI is InChI=1S/C13H18N4O3/c1-9(10-4-2-5-11(14)8-10)16-17-13(20)15-7-3-6-12(18)19/h2,4-5,8H,3,6-7,14H2,1H3,(H,18,19)(H2,15,17,20)/b16-9+. The second kappa shape index (κ2) is 7.78. The molecule has 1 rings (SSSR count). The molecule has 0 bridgehead atoms. The van der Waals surface area contributed by atoms with E-state index in [1.54, 1.807) is 25.1 Å². The van der Waals surface area contributed by atoms with Crippen LogP contribution in [-0.2, 0) is 4.79 Å². The summed E-state index contributed by atoms with van der Waals surface area (Å²) in [6, 6.07) is 6.68. The number of nitrogens with two attached hydrogens (primary N) is 1. The number of urea groups is 1. The van der Waals surface area contributed by atoms with Crippen molar-refractivity contribution in [1.29, 1.82) is 0 Å². The lowest BCUT2D eigenvalue weighted by molar-refractivity contribution is -0.137. The normalized spacial score (nSPS) is 10.9. The van der Waals surface area contributed by atoms with Gasteiger partial charge in [-0.3, -0.25) is 4.79 Å². The number of aliphatic carboxylic acids is 1. The van der Waals surface area contributed by atoms with Gasteiger partial charge in [0, 0.05) is 18.7 Å². The lowest BCUT2D eigenvalue weighted by Crippen LogP contribution is -2.33. The van der Waals surface area contributed by atoms with Crippen LogP contribution >= 0.6 is 0 Å². The van der Waals surface area contributed by atoms with E-state index in [1.807, 2.05) is 6.07 Å². The molecule has 0 aliphatic rings. The van der Waals surface area contributed by atoms with Crippen molar-refractivity contribution in [3.63, 3.8) is 0 Å². The highest BCUT2D eigenvalue weighted by molar-refractivity contribution is 5.99. The maximum Gasteiger partial charge on any atom is 0.335 e. The van der Waals surface area contributed by atoms with Gasteiger partial charge in [-0.15, -0.1) is 0 Å². The molecular formula is C13H18N4O3. The molecule has 0 aromatic heterocycles. The molecule has 2 amide bonds. The molecule has 1 aromatic rings. The van der Waals surface area contributed by atoms with E-state index in [2.05, 4.69) is 15.8 Å². The summed E-state index contributed by atoms with van der Waals surface area (Å²) in [4.78, 5) is 21.7. The minimum absolute atomic E-state index is 0.0197. The highest BCUT2D eigenvalue weighted by atomic mass is 16.4. The maximum atomic E-state index is 11.4. The van der Waals surface area contributed by atoms with Crippen molar-refractivity contribution >= 4 is 23.4 Å². The minimum Gasteiger partial charge on any atom is -0.481 e. The Morgan fingerprint density at radius 1 is 1.40 bits per heavy atom. The number of nitrogens with one attached hydrogen (secondary N) is 2. The molecule has 0 spiro atoms. The van der Waals surface area contributed by atoms with Crippen LogP contribution in [0.3, 0.4) is 0 Å². The molecule has 20 heavy (non-hydrogen) atoms. The van der Waals surface area contributed by atoms with E-state index in [9.17, 15) is 9.59 Å². The number of nitrogens with zero attached hydrogens (tertiary/aromatic N) is 1. The number of carbonyl (C=O) groups excluding carboxylic acids is 1. The van der Waals surface area contributed by atoms with Crippen LogP contribution in [0.15, 0.2) is 29.4 Å². The SMILES string of the molecule is C/C(=N\NC(=O)NCCCC(=O)O)c1cccc(N)c1. The summed E-state index contributed by atoms with van der Waals surface area (Å²) in [7, 11) is 0. The molecular weight excluding hydrogens is 260 g/mol. The number of nitrogen functional groups attached to an aromatic ring is 1. The van der Waals surface area contributed by atoms with E-state index >= 15 is 0 Å². The number of hydrogen-bond acceptors (Lipinski definition) is 4. The number of hydrazone groups is 1. The molecule has 0 aliphatic carbocycles. The number of amides is 2. The van der Waals surface area contributed by atoms with E-state index in [0.717, 1.165) is 5.56 Å². The Kier molecular flexibility index (Phi) is 6.02. The van der Waals surface area contributed by atoms with Crippen LogP contribution in [0.25, 0.3) is 0 Å². The lowest BCUT2D eigenvalue weighted by atomic mass is 10.1. The average Bonchev–Trinajstić information content (AvgIpc) is 2.40. The predicted molar refractivity (Wildman–Crippen MR) is 76.5 cm³/mol. The van der Waals surface area contributed by atoms with Gasteiger partial charge in [-0.25, -0.2) is 10.2 Å². The third-order valence-corrected chi connectivity index (χ3v) is 2.48. The van der Waals surface area contributed by atoms with Gasteiger partial charge < -0.3 is 16.2 Å². The third kappa shape index (κ3) is 5.85. The Hall–Kier alpha value is -2.57. The van der Waals surface area contributed by atoms with Gasteiger partial charge in [-0.1, -0.05) is 12.1 Å². The van der Waals surface area contributed by atoms with Gasteiger partial charge in [-0.05, 0) is 31.0 Å². The largest absolute Gasteiger partial charge is 0.481 e. The Morgan fingerprint density at radius 3 is 2.80 bits per heavy atom. The summed E-state index contributed by atoms with van der Waals surface area (Å²) in [5.74, 6) is -0.886. The summed E-state index contributed by atoms with van der Waals surface area (Å²) >= 11 is 0. The van der Waals surface area contributed by atoms with Gasteiger partial charge in [0.05, 0.1) is 5.71 Å². The first-order valence-corrected chi connectivity index (χ1v) is 6.15. The Labute approximate surface area is 116 Å². The van der Waals surface area contributed by atoms with E-state index < -0.39 is 12.0 Å². The summed E-state index contributed by atoms with van der Waals surface area (Å²) in [5, 5.41) is 14.9. The van der Waals surface area contributed by atoms with Gasteiger partial charge in [0.2, 0.25) is 0 Å². The molecule has 1 aromatic carbocycles. The molecule has 7 heteroatoms. The van der Waals surface area contributed by atoms with Crippen LogP contribution in [0.2, 0.25) is 0 Å². The first kappa shape index (κ1) is 15.5. The van der Waals surface area contributed by atoms with Gasteiger partial charge >= 0.3 is 12.0 Å². The first-order valence-electron chi connectivity index (χ1n) is 6.15. The molecule has 0 heterocycles. The lowest BCUT2D eigenvalue weighted by Gasteiger charge is -2.05. The number of rotatable bonds is 6. The van der Waals surface area contributed by atoms with E-state index in [0.29, 0.717) is 17.8 Å². The number of hydrogen-bond donors (Lipinski definition) is 4. The van der Waals surface area contributed by atoms with Crippen LogP contribution < -0.4 is 16.5 Å². The molecule has 0 saturated heterocycles. The second-order valence-electron chi connectivity index (χ2n) is 4.19.